The number of carbonyl (C=O) groups is 14. The number of carboxylic acid groups (broad SMARTS) is 1. The second-order valence-corrected chi connectivity index (χ2v) is 30.5. The number of guanidine groups is 2. The second kappa shape index (κ2) is 44.9. The molecular weight excluding hydrogens is 1510 g/mol. The lowest BCUT2D eigenvalue weighted by Crippen LogP contribution is -2.61. The van der Waals surface area contributed by atoms with Crippen molar-refractivity contribution < 1.29 is 77.3 Å². The number of hydrogen-bond donors (Lipinski definition) is 20. The van der Waals surface area contributed by atoms with Crippen molar-refractivity contribution in [1.82, 2.24) is 88.5 Å². The van der Waals surface area contributed by atoms with Crippen molar-refractivity contribution in [1.29, 1.82) is 10.8 Å². The molecular formula is C79H114N22O16. The number of aliphatic carboxylic acids is 1. The van der Waals surface area contributed by atoms with E-state index in [0.717, 1.165) is 21.9 Å². The van der Waals surface area contributed by atoms with Gasteiger partial charge in [-0.25, -0.2) is 9.78 Å². The van der Waals surface area contributed by atoms with E-state index in [2.05, 4.69) is 73.8 Å². The van der Waals surface area contributed by atoms with Crippen LogP contribution in [0.5, 0.6) is 0 Å². The fraction of sp³-hybridized carbons (Fsp3) is 0.557. The van der Waals surface area contributed by atoms with E-state index in [-0.39, 0.29) is 153 Å². The smallest absolute Gasteiger partial charge is 0.326 e. The molecule has 4 aliphatic rings. The first-order valence-corrected chi connectivity index (χ1v) is 40.2. The maximum atomic E-state index is 14.9. The van der Waals surface area contributed by atoms with Crippen molar-refractivity contribution in [2.75, 3.05) is 45.9 Å². The molecule has 4 aliphatic heterocycles. The van der Waals surface area contributed by atoms with Crippen molar-refractivity contribution in [3.8, 4) is 0 Å². The van der Waals surface area contributed by atoms with E-state index < -0.39 is 163 Å². The number of carboxylic acids is 1. The Hall–Kier alpha value is -11.8. The number of likely N-dealkylation sites (tertiary alicyclic amines) is 2. The number of nitrogens with one attached hydrogen (secondary N) is 15. The molecule has 12 atom stereocenters. The number of amides is 13. The maximum absolute atomic E-state index is 14.9. The second-order valence-electron chi connectivity index (χ2n) is 30.5. The molecule has 13 amide bonds. The van der Waals surface area contributed by atoms with Crippen LogP contribution in [-0.2, 0) is 92.9 Å². The SMILES string of the molecule is CCCC[C@H](NC(=O)[C@@H]1CCCN1C(=O)CNC(=O)[C@H](CCCCN)NC(=O)[C@H](Cc1cnc[nH]1)NC(=O)[C@H](CO)NC(=O)[C@H](CC(C)C)NC(=O)[C@H](CCCNC(=N)N)NC(=O)[C@@H]1CCCN1C(=O)[C@H](CCCNC(=N)N)NC(=O)[C@@H]1CCC(=O)N1)C(=O)N[C@H](Cc1ccc2ccccc2c1)C(=O)N1Cc2ccccc2C[C@@H]1C(=O)O. The summed E-state index contributed by atoms with van der Waals surface area (Å²) < 4.78 is 0. The van der Waals surface area contributed by atoms with Crippen LogP contribution < -0.4 is 81.0 Å². The molecule has 0 unspecified atom stereocenters. The number of aromatic amines is 1. The average molecular weight is 1630 g/mol. The molecule has 8 rings (SSSR count). The number of unbranched alkanes of at least 4 members (excludes halogenated alkanes) is 2. The van der Waals surface area contributed by atoms with Crippen LogP contribution in [0.15, 0.2) is 79.3 Å². The fourth-order valence-electron chi connectivity index (χ4n) is 14.9. The number of aliphatic hydroxyl groups excluding tert-OH is 1. The van der Waals surface area contributed by atoms with Crippen LogP contribution in [0.4, 0.5) is 0 Å². The molecule has 636 valence electrons. The number of hydrogen-bond acceptors (Lipinski definition) is 19. The third-order valence-electron chi connectivity index (χ3n) is 21.2. The van der Waals surface area contributed by atoms with Crippen molar-refractivity contribution >= 4 is 105 Å². The van der Waals surface area contributed by atoms with Gasteiger partial charge in [-0.15, -0.1) is 0 Å². The third kappa shape index (κ3) is 26.9. The highest BCUT2D eigenvalue weighted by atomic mass is 16.4. The van der Waals surface area contributed by atoms with E-state index in [4.69, 9.17) is 28.0 Å². The zero-order valence-corrected chi connectivity index (χ0v) is 66.4. The van der Waals surface area contributed by atoms with Crippen LogP contribution in [-0.4, -0.2) is 248 Å². The van der Waals surface area contributed by atoms with Gasteiger partial charge in [0, 0.05) is 70.3 Å². The van der Waals surface area contributed by atoms with Crippen LogP contribution in [0.3, 0.4) is 0 Å². The molecule has 3 aromatic carbocycles. The lowest BCUT2D eigenvalue weighted by atomic mass is 9.92. The first-order chi connectivity index (χ1) is 56.0. The number of aliphatic hydroxyl groups is 1. The quantitative estimate of drug-likeness (QED) is 0.0124. The molecule has 3 saturated heterocycles. The van der Waals surface area contributed by atoms with Gasteiger partial charge in [0.1, 0.15) is 72.5 Å². The molecule has 117 heavy (non-hydrogen) atoms. The summed E-state index contributed by atoms with van der Waals surface area (Å²) in [6, 6.07) is 4.92. The van der Waals surface area contributed by atoms with Gasteiger partial charge in [0.25, 0.3) is 0 Å². The fourth-order valence-corrected chi connectivity index (χ4v) is 14.9. The Labute approximate surface area is 678 Å². The van der Waals surface area contributed by atoms with E-state index in [1.807, 2.05) is 61.5 Å². The third-order valence-corrected chi connectivity index (χ3v) is 21.2. The number of nitrogens with two attached hydrogens (primary N) is 3. The predicted molar refractivity (Wildman–Crippen MR) is 428 cm³/mol. The van der Waals surface area contributed by atoms with Crippen LogP contribution in [0.1, 0.15) is 152 Å². The van der Waals surface area contributed by atoms with Gasteiger partial charge in [0.15, 0.2) is 11.9 Å². The van der Waals surface area contributed by atoms with Gasteiger partial charge in [-0.3, -0.25) is 73.1 Å². The van der Waals surface area contributed by atoms with Crippen LogP contribution in [0.25, 0.3) is 10.8 Å². The largest absolute Gasteiger partial charge is 0.480 e. The molecule has 4 aromatic rings. The van der Waals surface area contributed by atoms with E-state index in [9.17, 15) is 77.3 Å². The summed E-state index contributed by atoms with van der Waals surface area (Å²) in [6.45, 7) is 4.33. The minimum Gasteiger partial charge on any atom is -0.480 e. The Morgan fingerprint density at radius 1 is 0.564 bits per heavy atom. The lowest BCUT2D eigenvalue weighted by molar-refractivity contribution is -0.152. The Bertz CT molecular complexity index is 4180. The molecule has 0 radical (unpaired) electrons. The number of fused-ring (bicyclic) bond motifs is 2. The molecule has 0 bridgehead atoms. The summed E-state index contributed by atoms with van der Waals surface area (Å²) in [6.07, 6.45) is 6.02. The molecule has 1 aromatic heterocycles. The highest BCUT2D eigenvalue weighted by Crippen LogP contribution is 2.28. The van der Waals surface area contributed by atoms with E-state index in [1.54, 1.807) is 26.0 Å². The minimum atomic E-state index is -1.78. The van der Waals surface area contributed by atoms with Crippen molar-refractivity contribution in [3.63, 3.8) is 0 Å². The average Bonchev–Trinajstić information content (AvgIpc) is 1.56. The number of rotatable bonds is 44. The molecule has 0 saturated carbocycles. The molecule has 23 N–H and O–H groups in total. The highest BCUT2D eigenvalue weighted by Gasteiger charge is 2.44. The zero-order chi connectivity index (χ0) is 84.8. The van der Waals surface area contributed by atoms with Gasteiger partial charge in [-0.1, -0.05) is 100 Å². The number of nitrogens with zero attached hydrogens (tertiary/aromatic N) is 4. The monoisotopic (exact) mass is 1630 g/mol. The topological polar surface area (TPSA) is 588 Å². The Kier molecular flexibility index (Phi) is 34.8. The molecule has 0 aliphatic carbocycles. The van der Waals surface area contributed by atoms with E-state index in [0.29, 0.717) is 49.8 Å². The van der Waals surface area contributed by atoms with Crippen molar-refractivity contribution in [2.24, 2.45) is 23.1 Å². The maximum Gasteiger partial charge on any atom is 0.326 e. The summed E-state index contributed by atoms with van der Waals surface area (Å²) in [4.78, 5) is 208. The van der Waals surface area contributed by atoms with Crippen LogP contribution in [0, 0.1) is 16.7 Å². The lowest BCUT2D eigenvalue weighted by Gasteiger charge is -2.37. The first kappa shape index (κ1) is 90.7. The molecule has 38 nitrogen and oxygen atoms in total. The minimum absolute atomic E-state index is 0.0181. The zero-order valence-electron chi connectivity index (χ0n) is 66.4. The van der Waals surface area contributed by atoms with Gasteiger partial charge in [-0.05, 0) is 130 Å². The summed E-state index contributed by atoms with van der Waals surface area (Å²) in [5, 5.41) is 70.3. The van der Waals surface area contributed by atoms with Crippen molar-refractivity contribution in [2.45, 2.75) is 228 Å². The predicted octanol–water partition coefficient (Wildman–Crippen LogP) is -2.47. The molecule has 38 heteroatoms. The van der Waals surface area contributed by atoms with Crippen LogP contribution >= 0.6 is 0 Å². The Balaban J connectivity index is 0.913. The molecule has 0 spiro atoms. The van der Waals surface area contributed by atoms with Gasteiger partial charge in [0.2, 0.25) is 76.8 Å². The van der Waals surface area contributed by atoms with Crippen molar-refractivity contribution in [3.05, 3.63) is 102 Å². The van der Waals surface area contributed by atoms with Gasteiger partial charge < -0.3 is 111 Å². The standard InChI is InChI=1S/C79H114N22O16/c1-4-5-20-53(68(107)97-59(37-46-26-27-47-16-6-7-17-48(47)36-46)76(115)101-42-50-19-9-8-18-49(50)38-63(101)77(116)117)92-73(112)61-24-14-33-99(61)65(104)41-88-66(105)52(21-10-11-30-80)91-71(110)58(39-51-40-85-44-89-51)96-72(111)60(43-102)98-70(109)57(35-45(2)3)95-67(106)54(22-12-31-86-78(81)82)93-74(113)62-25-15-34-100(62)75(114)56(23-13-32-87-79(83)84)94-69(108)55-28-29-64(103)90-55/h6-9,16-19,26-27,36,40,44-45,52-63,102H,4-5,10-15,20-25,28-35,37-39,41-43,80H2,1-3H3,(H,85,89)(H,88,105)(H,90,103)(H,91,110)(H,92,112)(H,93,113)(H,94,108)(H,95,106)(H,96,111)(H,97,107)(H,98,109)(H,116,117)(H4,81,82,86)(H4,83,84,87)/t52-,53-,54-,55-,56-,57-,58-,59+,60-,61-,62-,63+/m0/s1. The number of H-pyrrole nitrogens is 1. The van der Waals surface area contributed by atoms with Gasteiger partial charge in [-0.2, -0.15) is 0 Å². The summed E-state index contributed by atoms with van der Waals surface area (Å²) in [7, 11) is 0. The summed E-state index contributed by atoms with van der Waals surface area (Å²) in [5.41, 5.74) is 19.4. The first-order valence-electron chi connectivity index (χ1n) is 40.2. The van der Waals surface area contributed by atoms with E-state index >= 15 is 0 Å². The van der Waals surface area contributed by atoms with E-state index in [1.165, 1.54) is 27.2 Å². The number of benzene rings is 3. The van der Waals surface area contributed by atoms with Gasteiger partial charge in [0.05, 0.1) is 19.5 Å². The molecule has 3 fully saturated rings. The Morgan fingerprint density at radius 3 is 1.71 bits per heavy atom. The number of carbonyl (C=O) groups excluding carboxylic acids is 13. The van der Waals surface area contributed by atoms with Crippen LogP contribution in [0.2, 0.25) is 0 Å². The molecule has 5 heterocycles. The Morgan fingerprint density at radius 2 is 1.10 bits per heavy atom. The number of imidazole rings is 1. The normalized spacial score (nSPS) is 18.3. The van der Waals surface area contributed by atoms with Gasteiger partial charge >= 0.3 is 5.97 Å². The summed E-state index contributed by atoms with van der Waals surface area (Å²) >= 11 is 0. The summed E-state index contributed by atoms with van der Waals surface area (Å²) in [5.74, 6) is -11.8. The number of aromatic nitrogens is 2. The highest BCUT2D eigenvalue weighted by molar-refractivity contribution is 6.00.